The van der Waals surface area contributed by atoms with Crippen molar-refractivity contribution >= 4 is 6.29 Å². The molecule has 5 heteroatoms. The lowest BCUT2D eigenvalue weighted by atomic mass is 9.97. The maximum atomic E-state index is 10.4. The van der Waals surface area contributed by atoms with Crippen molar-refractivity contribution in [3.63, 3.8) is 0 Å². The van der Waals surface area contributed by atoms with E-state index in [1.54, 1.807) is 0 Å². The molecule has 1 aliphatic heterocycles. The first-order valence-corrected chi connectivity index (χ1v) is 6.71. The lowest BCUT2D eigenvalue weighted by Gasteiger charge is -2.38. The van der Waals surface area contributed by atoms with Crippen molar-refractivity contribution in [2.24, 2.45) is 0 Å². The van der Waals surface area contributed by atoms with Crippen LogP contribution in [-0.4, -0.2) is 40.0 Å². The molecule has 0 bridgehead atoms. The molecule has 1 unspecified atom stereocenters. The summed E-state index contributed by atoms with van der Waals surface area (Å²) >= 11 is 0. The minimum Gasteiger partial charge on any atom is -0.339 e. The first-order chi connectivity index (χ1) is 8.70. The van der Waals surface area contributed by atoms with E-state index in [0.29, 0.717) is 18.0 Å². The van der Waals surface area contributed by atoms with Crippen molar-refractivity contribution in [2.45, 2.75) is 58.0 Å². The van der Waals surface area contributed by atoms with Crippen LogP contribution in [0.5, 0.6) is 0 Å². The van der Waals surface area contributed by atoms with Gasteiger partial charge in [0.1, 0.15) is 6.29 Å². The number of carbonyl (C=O) groups is 1. The number of hydrogen-bond donors (Lipinski definition) is 0. The highest BCUT2D eigenvalue weighted by Gasteiger charge is 2.26. The molecule has 1 aromatic heterocycles. The third-order valence-electron chi connectivity index (χ3n) is 3.52. The van der Waals surface area contributed by atoms with E-state index in [4.69, 9.17) is 4.52 Å². The molecule has 2 rings (SSSR count). The molecule has 100 valence electrons. The average Bonchev–Trinajstić information content (AvgIpc) is 2.77. The van der Waals surface area contributed by atoms with E-state index in [-0.39, 0.29) is 6.42 Å². The smallest absolute Gasteiger partial charge is 0.233 e. The molecule has 1 atom stereocenters. The van der Waals surface area contributed by atoms with Crippen LogP contribution in [0.2, 0.25) is 0 Å². The largest absolute Gasteiger partial charge is 0.339 e. The summed E-state index contributed by atoms with van der Waals surface area (Å²) in [6.45, 7) is 5.61. The van der Waals surface area contributed by atoms with E-state index in [0.717, 1.165) is 25.1 Å². The molecule has 0 aliphatic carbocycles. The zero-order chi connectivity index (χ0) is 13.0. The highest BCUT2D eigenvalue weighted by atomic mass is 16.5. The fraction of sp³-hybridized carbons (Fsp3) is 0.769. The molecule has 5 nitrogen and oxygen atoms in total. The fourth-order valence-electron chi connectivity index (χ4n) is 2.66. The summed E-state index contributed by atoms with van der Waals surface area (Å²) in [6.07, 6.45) is 5.56. The van der Waals surface area contributed by atoms with Gasteiger partial charge in [-0.05, 0) is 33.2 Å². The minimum atomic E-state index is 0.214. The monoisotopic (exact) mass is 251 g/mol. The molecule has 18 heavy (non-hydrogen) atoms. The molecule has 0 aromatic carbocycles. The molecule has 0 N–H and O–H groups in total. The second-order valence-electron chi connectivity index (χ2n) is 5.16. The molecule has 1 fully saturated rings. The van der Waals surface area contributed by atoms with Gasteiger partial charge in [0.05, 0.1) is 6.42 Å². The third-order valence-corrected chi connectivity index (χ3v) is 3.52. The summed E-state index contributed by atoms with van der Waals surface area (Å²) in [5.74, 6) is 1.15. The summed E-state index contributed by atoms with van der Waals surface area (Å²) in [6, 6.07) is 1.05. The Kier molecular flexibility index (Phi) is 4.47. The highest BCUT2D eigenvalue weighted by molar-refractivity contribution is 5.52. The van der Waals surface area contributed by atoms with Crippen molar-refractivity contribution in [2.75, 3.05) is 6.54 Å². The first-order valence-electron chi connectivity index (χ1n) is 6.71. The van der Waals surface area contributed by atoms with E-state index >= 15 is 0 Å². The summed E-state index contributed by atoms with van der Waals surface area (Å²) in [5, 5.41) is 3.95. The molecule has 0 amide bonds. The normalized spacial score (nSPS) is 21.4. The first kappa shape index (κ1) is 13.2. The van der Waals surface area contributed by atoms with Crippen LogP contribution in [0, 0.1) is 0 Å². The zero-order valence-corrected chi connectivity index (χ0v) is 11.1. The van der Waals surface area contributed by atoms with Crippen molar-refractivity contribution in [3.05, 3.63) is 11.7 Å². The van der Waals surface area contributed by atoms with Gasteiger partial charge in [0.15, 0.2) is 5.82 Å². The summed E-state index contributed by atoms with van der Waals surface area (Å²) in [4.78, 5) is 17.1. The number of aromatic nitrogens is 2. The van der Waals surface area contributed by atoms with Crippen molar-refractivity contribution in [3.8, 4) is 0 Å². The SMILES string of the molecule is CC(C)N1CCCCC1Cc1noc(CC=O)n1. The molecule has 1 saturated heterocycles. The Morgan fingerprint density at radius 1 is 1.50 bits per heavy atom. The van der Waals surface area contributed by atoms with Crippen molar-refractivity contribution < 1.29 is 9.32 Å². The number of aldehydes is 1. The van der Waals surface area contributed by atoms with Gasteiger partial charge in [0.2, 0.25) is 5.89 Å². The Morgan fingerprint density at radius 3 is 3.06 bits per heavy atom. The van der Waals surface area contributed by atoms with Gasteiger partial charge in [-0.1, -0.05) is 11.6 Å². The van der Waals surface area contributed by atoms with E-state index in [1.807, 2.05) is 0 Å². The maximum absolute atomic E-state index is 10.4. The van der Waals surface area contributed by atoms with E-state index in [9.17, 15) is 4.79 Å². The molecule has 1 aromatic rings. The van der Waals surface area contributed by atoms with Gasteiger partial charge in [-0.15, -0.1) is 0 Å². The van der Waals surface area contributed by atoms with Crippen LogP contribution in [-0.2, 0) is 17.6 Å². The van der Waals surface area contributed by atoms with Gasteiger partial charge < -0.3 is 9.32 Å². The Bertz CT molecular complexity index is 389. The highest BCUT2D eigenvalue weighted by Crippen LogP contribution is 2.21. The Hall–Kier alpha value is -1.23. The van der Waals surface area contributed by atoms with Crippen LogP contribution in [0.4, 0.5) is 0 Å². The number of rotatable bonds is 5. The molecule has 0 radical (unpaired) electrons. The summed E-state index contributed by atoms with van der Waals surface area (Å²) in [7, 11) is 0. The number of hydrogen-bond acceptors (Lipinski definition) is 5. The van der Waals surface area contributed by atoms with Crippen LogP contribution in [0.3, 0.4) is 0 Å². The average molecular weight is 251 g/mol. The predicted octanol–water partition coefficient (Wildman–Crippen LogP) is 1.62. The molecule has 2 heterocycles. The molecular formula is C13H21N3O2. The van der Waals surface area contributed by atoms with E-state index < -0.39 is 0 Å². The van der Waals surface area contributed by atoms with Crippen LogP contribution in [0.15, 0.2) is 4.52 Å². The van der Waals surface area contributed by atoms with Gasteiger partial charge in [-0.2, -0.15) is 4.98 Å². The number of piperidine rings is 1. The molecule has 0 spiro atoms. The van der Waals surface area contributed by atoms with Crippen LogP contribution < -0.4 is 0 Å². The standard InChI is InChI=1S/C13H21N3O2/c1-10(2)16-7-4-3-5-11(16)9-12-14-13(6-8-17)18-15-12/h8,10-11H,3-7,9H2,1-2H3. The predicted molar refractivity (Wildman–Crippen MR) is 67.3 cm³/mol. The lowest BCUT2D eigenvalue weighted by molar-refractivity contribution is -0.107. The number of likely N-dealkylation sites (tertiary alicyclic amines) is 1. The van der Waals surface area contributed by atoms with Gasteiger partial charge in [0, 0.05) is 18.5 Å². The lowest BCUT2D eigenvalue weighted by Crippen LogP contribution is -2.45. The maximum Gasteiger partial charge on any atom is 0.233 e. The van der Waals surface area contributed by atoms with Gasteiger partial charge in [-0.3, -0.25) is 4.90 Å². The van der Waals surface area contributed by atoms with Gasteiger partial charge in [-0.25, -0.2) is 0 Å². The van der Waals surface area contributed by atoms with Crippen LogP contribution >= 0.6 is 0 Å². The number of carbonyl (C=O) groups excluding carboxylic acids is 1. The Labute approximate surface area is 108 Å². The fourth-order valence-corrected chi connectivity index (χ4v) is 2.66. The van der Waals surface area contributed by atoms with E-state index in [2.05, 4.69) is 28.9 Å². The Balaban J connectivity index is 1.99. The minimum absolute atomic E-state index is 0.214. The van der Waals surface area contributed by atoms with Gasteiger partial charge in [0.25, 0.3) is 0 Å². The Morgan fingerprint density at radius 2 is 2.33 bits per heavy atom. The van der Waals surface area contributed by atoms with Crippen LogP contribution in [0.25, 0.3) is 0 Å². The second-order valence-corrected chi connectivity index (χ2v) is 5.16. The number of nitrogens with zero attached hydrogens (tertiary/aromatic N) is 3. The molecule has 1 aliphatic rings. The van der Waals surface area contributed by atoms with Gasteiger partial charge >= 0.3 is 0 Å². The second kappa shape index (κ2) is 6.09. The summed E-state index contributed by atoms with van der Waals surface area (Å²) < 4.78 is 5.03. The summed E-state index contributed by atoms with van der Waals surface area (Å²) in [5.41, 5.74) is 0. The van der Waals surface area contributed by atoms with Crippen molar-refractivity contribution in [1.29, 1.82) is 0 Å². The quantitative estimate of drug-likeness (QED) is 0.744. The molecule has 0 saturated carbocycles. The van der Waals surface area contributed by atoms with E-state index in [1.165, 1.54) is 19.3 Å². The molecular weight excluding hydrogens is 230 g/mol. The zero-order valence-electron chi connectivity index (χ0n) is 11.1. The van der Waals surface area contributed by atoms with Crippen LogP contribution in [0.1, 0.15) is 44.8 Å². The topological polar surface area (TPSA) is 59.2 Å². The van der Waals surface area contributed by atoms with Crippen molar-refractivity contribution in [1.82, 2.24) is 15.0 Å². The third kappa shape index (κ3) is 3.16.